The van der Waals surface area contributed by atoms with Gasteiger partial charge in [0.1, 0.15) is 0 Å². The van der Waals surface area contributed by atoms with Gasteiger partial charge in [-0.2, -0.15) is 0 Å². The first-order valence-electron chi connectivity index (χ1n) is 5.13. The molecule has 0 saturated carbocycles. The van der Waals surface area contributed by atoms with E-state index in [0.29, 0.717) is 12.2 Å². The summed E-state index contributed by atoms with van der Waals surface area (Å²) in [6.07, 6.45) is 0.874. The molecule has 1 rings (SSSR count). The van der Waals surface area contributed by atoms with Crippen LogP contribution in [0.1, 0.15) is 12.0 Å². The lowest BCUT2D eigenvalue weighted by Gasteiger charge is -2.09. The molecule has 0 spiro atoms. The Labute approximate surface area is 94.6 Å². The van der Waals surface area contributed by atoms with Crippen LogP contribution in [0.15, 0.2) is 18.2 Å². The van der Waals surface area contributed by atoms with Crippen LogP contribution in [0.3, 0.4) is 0 Å². The third-order valence-corrected chi connectivity index (χ3v) is 2.34. The SMILES string of the molecule is COCCCNc1cccc([N+](=O)[O-])c1C. The Morgan fingerprint density at radius 3 is 2.88 bits per heavy atom. The van der Waals surface area contributed by atoms with Crippen LogP contribution in [0.2, 0.25) is 0 Å². The average molecular weight is 224 g/mol. The summed E-state index contributed by atoms with van der Waals surface area (Å²) < 4.78 is 4.92. The van der Waals surface area contributed by atoms with Gasteiger partial charge in [-0.15, -0.1) is 0 Å². The highest BCUT2D eigenvalue weighted by molar-refractivity contribution is 5.59. The number of anilines is 1. The summed E-state index contributed by atoms with van der Waals surface area (Å²) in [6, 6.07) is 5.04. The van der Waals surface area contributed by atoms with Crippen molar-refractivity contribution >= 4 is 11.4 Å². The van der Waals surface area contributed by atoms with Gasteiger partial charge in [-0.05, 0) is 19.4 Å². The van der Waals surface area contributed by atoms with Crippen molar-refractivity contribution in [3.63, 3.8) is 0 Å². The molecule has 0 fully saturated rings. The highest BCUT2D eigenvalue weighted by Gasteiger charge is 2.12. The molecule has 0 unspecified atom stereocenters. The molecule has 1 N–H and O–H groups in total. The van der Waals surface area contributed by atoms with E-state index in [4.69, 9.17) is 4.74 Å². The molecule has 0 aliphatic carbocycles. The van der Waals surface area contributed by atoms with Gasteiger partial charge in [-0.1, -0.05) is 6.07 Å². The zero-order valence-electron chi connectivity index (χ0n) is 9.53. The fourth-order valence-corrected chi connectivity index (χ4v) is 1.45. The number of hydrogen-bond acceptors (Lipinski definition) is 4. The molecule has 0 aromatic heterocycles. The molecule has 0 amide bonds. The van der Waals surface area contributed by atoms with Crippen LogP contribution in [-0.2, 0) is 4.74 Å². The number of nitro benzene ring substituents is 1. The summed E-state index contributed by atoms with van der Waals surface area (Å²) >= 11 is 0. The monoisotopic (exact) mass is 224 g/mol. The summed E-state index contributed by atoms with van der Waals surface area (Å²) in [5.41, 5.74) is 1.63. The van der Waals surface area contributed by atoms with E-state index in [1.165, 1.54) is 6.07 Å². The maximum Gasteiger partial charge on any atom is 0.274 e. The maximum absolute atomic E-state index is 10.7. The molecule has 88 valence electrons. The topological polar surface area (TPSA) is 64.4 Å². The second kappa shape index (κ2) is 6.07. The predicted molar refractivity (Wildman–Crippen MR) is 62.8 cm³/mol. The third kappa shape index (κ3) is 3.20. The van der Waals surface area contributed by atoms with Crippen LogP contribution < -0.4 is 5.32 Å². The lowest BCUT2D eigenvalue weighted by atomic mass is 10.1. The molecule has 1 aromatic rings. The van der Waals surface area contributed by atoms with Gasteiger partial charge in [-0.3, -0.25) is 10.1 Å². The summed E-state index contributed by atoms with van der Waals surface area (Å²) in [5.74, 6) is 0. The Kier molecular flexibility index (Phi) is 4.72. The van der Waals surface area contributed by atoms with Gasteiger partial charge in [0.25, 0.3) is 5.69 Å². The van der Waals surface area contributed by atoms with Crippen LogP contribution in [0.4, 0.5) is 11.4 Å². The van der Waals surface area contributed by atoms with E-state index in [9.17, 15) is 10.1 Å². The maximum atomic E-state index is 10.7. The van der Waals surface area contributed by atoms with E-state index in [1.807, 2.05) is 6.07 Å². The summed E-state index contributed by atoms with van der Waals surface area (Å²) in [4.78, 5) is 10.3. The minimum atomic E-state index is -0.365. The molecule has 0 saturated heterocycles. The quantitative estimate of drug-likeness (QED) is 0.457. The Morgan fingerprint density at radius 1 is 1.50 bits per heavy atom. The zero-order valence-corrected chi connectivity index (χ0v) is 9.53. The molecule has 0 aliphatic heterocycles. The first-order chi connectivity index (χ1) is 7.66. The van der Waals surface area contributed by atoms with Gasteiger partial charge in [0, 0.05) is 37.6 Å². The normalized spacial score (nSPS) is 10.1. The van der Waals surface area contributed by atoms with Crippen LogP contribution in [0.25, 0.3) is 0 Å². The summed E-state index contributed by atoms with van der Waals surface area (Å²) in [6.45, 7) is 3.17. The van der Waals surface area contributed by atoms with Crippen molar-refractivity contribution in [2.24, 2.45) is 0 Å². The highest BCUT2D eigenvalue weighted by Crippen LogP contribution is 2.24. The van der Waals surface area contributed by atoms with Crippen molar-refractivity contribution in [2.45, 2.75) is 13.3 Å². The molecule has 16 heavy (non-hydrogen) atoms. The highest BCUT2D eigenvalue weighted by atomic mass is 16.6. The fourth-order valence-electron chi connectivity index (χ4n) is 1.45. The predicted octanol–water partition coefficient (Wildman–Crippen LogP) is 2.35. The average Bonchev–Trinajstić information content (AvgIpc) is 2.26. The van der Waals surface area contributed by atoms with Crippen LogP contribution >= 0.6 is 0 Å². The van der Waals surface area contributed by atoms with Gasteiger partial charge < -0.3 is 10.1 Å². The van der Waals surface area contributed by atoms with E-state index in [1.54, 1.807) is 20.1 Å². The molecule has 0 atom stereocenters. The number of ether oxygens (including phenoxy) is 1. The van der Waals surface area contributed by atoms with E-state index in [2.05, 4.69) is 5.32 Å². The largest absolute Gasteiger partial charge is 0.385 e. The Hall–Kier alpha value is -1.62. The minimum absolute atomic E-state index is 0.150. The molecule has 1 aromatic carbocycles. The lowest BCUT2D eigenvalue weighted by molar-refractivity contribution is -0.385. The number of nitrogens with one attached hydrogen (secondary N) is 1. The molecule has 0 heterocycles. The molecule has 0 bridgehead atoms. The Morgan fingerprint density at radius 2 is 2.25 bits per heavy atom. The van der Waals surface area contributed by atoms with Gasteiger partial charge >= 0.3 is 0 Å². The van der Waals surface area contributed by atoms with Crippen molar-refractivity contribution in [3.05, 3.63) is 33.9 Å². The van der Waals surface area contributed by atoms with Gasteiger partial charge in [0.05, 0.1) is 4.92 Å². The van der Waals surface area contributed by atoms with Crippen molar-refractivity contribution < 1.29 is 9.66 Å². The molecular formula is C11H16N2O3. The number of benzene rings is 1. The van der Waals surface area contributed by atoms with E-state index in [0.717, 1.165) is 18.7 Å². The molecular weight excluding hydrogens is 208 g/mol. The number of nitro groups is 1. The Bertz CT molecular complexity index is 366. The van der Waals surface area contributed by atoms with Gasteiger partial charge in [-0.25, -0.2) is 0 Å². The van der Waals surface area contributed by atoms with Crippen molar-refractivity contribution in [3.8, 4) is 0 Å². The zero-order chi connectivity index (χ0) is 12.0. The number of methoxy groups -OCH3 is 1. The molecule has 5 heteroatoms. The first-order valence-corrected chi connectivity index (χ1v) is 5.13. The van der Waals surface area contributed by atoms with Gasteiger partial charge in [0.2, 0.25) is 0 Å². The second-order valence-electron chi connectivity index (χ2n) is 3.48. The summed E-state index contributed by atoms with van der Waals surface area (Å²) in [5, 5.41) is 13.9. The van der Waals surface area contributed by atoms with E-state index < -0.39 is 0 Å². The van der Waals surface area contributed by atoms with Gasteiger partial charge in [0.15, 0.2) is 0 Å². The lowest BCUT2D eigenvalue weighted by Crippen LogP contribution is -2.06. The minimum Gasteiger partial charge on any atom is -0.385 e. The van der Waals surface area contributed by atoms with E-state index in [-0.39, 0.29) is 10.6 Å². The van der Waals surface area contributed by atoms with Crippen LogP contribution in [-0.4, -0.2) is 25.2 Å². The van der Waals surface area contributed by atoms with Crippen molar-refractivity contribution in [1.29, 1.82) is 0 Å². The smallest absolute Gasteiger partial charge is 0.274 e. The number of hydrogen-bond donors (Lipinski definition) is 1. The standard InChI is InChI=1S/C11H16N2O3/c1-9-10(12-7-4-8-16-2)5-3-6-11(9)13(14)15/h3,5-6,12H,4,7-8H2,1-2H3. The van der Waals surface area contributed by atoms with Crippen molar-refractivity contribution in [2.75, 3.05) is 25.6 Å². The van der Waals surface area contributed by atoms with Crippen LogP contribution in [0.5, 0.6) is 0 Å². The first kappa shape index (κ1) is 12.4. The number of nitrogens with zero attached hydrogens (tertiary/aromatic N) is 1. The third-order valence-electron chi connectivity index (χ3n) is 2.34. The molecule has 0 radical (unpaired) electrons. The number of rotatable bonds is 6. The van der Waals surface area contributed by atoms with E-state index >= 15 is 0 Å². The van der Waals surface area contributed by atoms with Crippen LogP contribution in [0, 0.1) is 17.0 Å². The summed E-state index contributed by atoms with van der Waals surface area (Å²) in [7, 11) is 1.65. The Balaban J connectivity index is 2.66. The molecule has 0 aliphatic rings. The molecule has 5 nitrogen and oxygen atoms in total. The van der Waals surface area contributed by atoms with Crippen molar-refractivity contribution in [1.82, 2.24) is 0 Å². The second-order valence-corrected chi connectivity index (χ2v) is 3.48. The fraction of sp³-hybridized carbons (Fsp3) is 0.455.